The molecule has 47 heavy (non-hydrogen) atoms. The van der Waals surface area contributed by atoms with Gasteiger partial charge >= 0.3 is 12.2 Å². The van der Waals surface area contributed by atoms with Gasteiger partial charge in [0.2, 0.25) is 5.91 Å². The molecule has 4 aliphatic rings. The molecule has 0 spiro atoms. The Labute approximate surface area is 269 Å². The molecule has 3 fully saturated rings. The number of rotatable bonds is 11. The molecule has 15 heteroatoms. The Morgan fingerprint density at radius 2 is 1.72 bits per heavy atom. The highest BCUT2D eigenvalue weighted by Gasteiger charge is 2.50. The van der Waals surface area contributed by atoms with Crippen LogP contribution in [-0.2, 0) is 11.3 Å². The summed E-state index contributed by atoms with van der Waals surface area (Å²) in [5, 5.41) is 12.1. The molecular weight excluding hydrogens is 625 g/mol. The van der Waals surface area contributed by atoms with Crippen LogP contribution in [0.4, 0.5) is 32.4 Å². The molecule has 1 saturated heterocycles. The van der Waals surface area contributed by atoms with E-state index >= 15 is 0 Å². The summed E-state index contributed by atoms with van der Waals surface area (Å²) in [6, 6.07) is 1.64. The normalized spacial score (nSPS) is 22.8. The number of fused-ring (bicyclic) bond motifs is 1. The number of anilines is 1. The lowest BCUT2D eigenvalue weighted by Crippen LogP contribution is -2.50. The third kappa shape index (κ3) is 7.39. The predicted octanol–water partition coefficient (Wildman–Crippen LogP) is 5.11. The average molecular weight is 666 g/mol. The van der Waals surface area contributed by atoms with Crippen LogP contribution in [0.1, 0.15) is 80.2 Å². The quantitative estimate of drug-likeness (QED) is 0.289. The second kappa shape index (κ2) is 12.4. The molecule has 2 aromatic rings. The fourth-order valence-electron chi connectivity index (χ4n) is 7.15. The molecule has 3 N–H and O–H groups in total. The van der Waals surface area contributed by atoms with E-state index in [1.807, 2.05) is 19.2 Å². The molecule has 6 rings (SSSR count). The Kier molecular flexibility index (Phi) is 8.72. The molecule has 1 unspecified atom stereocenters. The minimum absolute atomic E-state index is 0.0449. The molecule has 0 radical (unpaired) electrons. The Balaban J connectivity index is 1.26. The number of aromatic nitrogens is 2. The van der Waals surface area contributed by atoms with Crippen molar-refractivity contribution in [3.05, 3.63) is 47.3 Å². The molecule has 1 aromatic heterocycles. The van der Waals surface area contributed by atoms with Gasteiger partial charge in [-0.2, -0.15) is 18.3 Å². The van der Waals surface area contributed by atoms with Gasteiger partial charge in [-0.3, -0.25) is 19.2 Å². The largest absolute Gasteiger partial charge is 0.410 e. The van der Waals surface area contributed by atoms with Crippen molar-refractivity contribution < 1.29 is 36.3 Å². The zero-order valence-corrected chi connectivity index (χ0v) is 26.5. The number of nitrogens with zero attached hydrogens (tertiary/aromatic N) is 4. The highest BCUT2D eigenvalue weighted by Crippen LogP contribution is 2.51. The van der Waals surface area contributed by atoms with Gasteiger partial charge in [0.25, 0.3) is 11.8 Å². The summed E-state index contributed by atoms with van der Waals surface area (Å²) < 4.78 is 70.3. The van der Waals surface area contributed by atoms with Crippen molar-refractivity contribution in [2.75, 3.05) is 25.0 Å². The molecule has 0 bridgehead atoms. The Morgan fingerprint density at radius 3 is 2.30 bits per heavy atom. The van der Waals surface area contributed by atoms with Crippen molar-refractivity contribution in [3.63, 3.8) is 0 Å². The van der Waals surface area contributed by atoms with E-state index in [4.69, 9.17) is 0 Å². The fraction of sp³-hybridized carbons (Fsp3) is 0.625. The fourth-order valence-corrected chi connectivity index (χ4v) is 7.15. The highest BCUT2D eigenvalue weighted by atomic mass is 19.4. The molecule has 4 amide bonds. The van der Waals surface area contributed by atoms with E-state index in [1.54, 1.807) is 28.9 Å². The molecule has 256 valence electrons. The topological polar surface area (TPSA) is 112 Å². The highest BCUT2D eigenvalue weighted by molar-refractivity contribution is 6.01. The number of alkyl halides is 5. The van der Waals surface area contributed by atoms with Gasteiger partial charge in [-0.05, 0) is 86.6 Å². The third-order valence-corrected chi connectivity index (χ3v) is 9.48. The lowest BCUT2D eigenvalue weighted by molar-refractivity contribution is -0.150. The Hall–Kier alpha value is -3.75. The number of urea groups is 1. The zero-order chi connectivity index (χ0) is 33.8. The van der Waals surface area contributed by atoms with Crippen molar-refractivity contribution in [2.45, 2.75) is 89.3 Å². The van der Waals surface area contributed by atoms with Crippen molar-refractivity contribution >= 4 is 23.5 Å². The number of hydrogen-bond donors (Lipinski definition) is 3. The van der Waals surface area contributed by atoms with Crippen LogP contribution in [0, 0.1) is 17.8 Å². The van der Waals surface area contributed by atoms with Crippen molar-refractivity contribution in [1.29, 1.82) is 0 Å². The second-order valence-electron chi connectivity index (χ2n) is 13.8. The monoisotopic (exact) mass is 665 g/mol. The summed E-state index contributed by atoms with van der Waals surface area (Å²) in [4.78, 5) is 42.6. The van der Waals surface area contributed by atoms with Crippen LogP contribution in [0.15, 0.2) is 30.5 Å². The van der Waals surface area contributed by atoms with Crippen LogP contribution in [0.3, 0.4) is 0 Å². The van der Waals surface area contributed by atoms with Crippen LogP contribution in [0.25, 0.3) is 0 Å². The number of nitrogens with one attached hydrogen (secondary N) is 3. The van der Waals surface area contributed by atoms with Gasteiger partial charge in [0, 0.05) is 37.9 Å². The molecule has 1 aromatic carbocycles. The van der Waals surface area contributed by atoms with Crippen molar-refractivity contribution in [3.8, 4) is 0 Å². The SMILES string of the molecule is CC(C)n1nccc1C(=O)N[C@H](C(=O)Nc1ccc2c(c1)CN(CC(C)(F)F)CC2N1C[C@@H](C(F)(F)F)NC1=O)C(C1CC1)C1CC1. The zero-order valence-electron chi connectivity index (χ0n) is 26.5. The van der Waals surface area contributed by atoms with E-state index in [9.17, 15) is 36.3 Å². The van der Waals surface area contributed by atoms with Gasteiger partial charge in [0.15, 0.2) is 0 Å². The van der Waals surface area contributed by atoms with Crippen LogP contribution >= 0.6 is 0 Å². The van der Waals surface area contributed by atoms with Crippen LogP contribution in [-0.4, -0.2) is 81.2 Å². The first-order valence-electron chi connectivity index (χ1n) is 16.1. The first kappa shape index (κ1) is 33.2. The van der Waals surface area contributed by atoms with Gasteiger partial charge < -0.3 is 20.9 Å². The molecule has 10 nitrogen and oxygen atoms in total. The summed E-state index contributed by atoms with van der Waals surface area (Å²) >= 11 is 0. The lowest BCUT2D eigenvalue weighted by atomic mass is 9.88. The Bertz CT molecular complexity index is 1500. The van der Waals surface area contributed by atoms with E-state index < -0.39 is 61.2 Å². The first-order valence-corrected chi connectivity index (χ1v) is 16.1. The summed E-state index contributed by atoms with van der Waals surface area (Å²) in [5.74, 6) is -3.33. The van der Waals surface area contributed by atoms with E-state index in [0.29, 0.717) is 34.3 Å². The third-order valence-electron chi connectivity index (χ3n) is 9.48. The van der Waals surface area contributed by atoms with Crippen LogP contribution in [0.2, 0.25) is 0 Å². The number of hydrogen-bond acceptors (Lipinski definition) is 5. The maximum Gasteiger partial charge on any atom is 0.410 e. The van der Waals surface area contributed by atoms with Gasteiger partial charge in [-0.15, -0.1) is 0 Å². The van der Waals surface area contributed by atoms with E-state index in [0.717, 1.165) is 37.5 Å². The average Bonchev–Trinajstić information content (AvgIpc) is 3.89. The molecular formula is C32H40F5N7O3. The van der Waals surface area contributed by atoms with Crippen molar-refractivity contribution in [2.24, 2.45) is 17.8 Å². The number of benzene rings is 1. The van der Waals surface area contributed by atoms with Gasteiger partial charge in [0.05, 0.1) is 19.1 Å². The maximum absolute atomic E-state index is 14.1. The minimum atomic E-state index is -4.66. The summed E-state index contributed by atoms with van der Waals surface area (Å²) in [6.07, 6.45) is 0.774. The van der Waals surface area contributed by atoms with E-state index in [-0.39, 0.29) is 25.0 Å². The maximum atomic E-state index is 14.1. The van der Waals surface area contributed by atoms with Crippen LogP contribution in [0.5, 0.6) is 0 Å². The standard InChI is InChI=1S/C32H40F5N7O3/c1-17(2)44-23(10-11-38-44)28(45)41-27(26(18-4-5-18)19-6-7-19)29(46)39-21-8-9-22-20(12-21)13-42(16-31(3,33)34)14-24(22)43-15-25(32(35,36)37)40-30(43)47/h8-12,17-19,24-27H,4-7,13-16H2,1-3H3,(H,39,46)(H,40,47)(H,41,45)/t24?,25-,27-/m0/s1. The Morgan fingerprint density at radius 1 is 1.04 bits per heavy atom. The summed E-state index contributed by atoms with van der Waals surface area (Å²) in [5.41, 5.74) is 1.73. The van der Waals surface area contributed by atoms with Crippen LogP contribution < -0.4 is 16.0 Å². The molecule has 2 saturated carbocycles. The predicted molar refractivity (Wildman–Crippen MR) is 162 cm³/mol. The smallest absolute Gasteiger partial charge is 0.339 e. The van der Waals surface area contributed by atoms with Gasteiger partial charge in [0.1, 0.15) is 17.8 Å². The van der Waals surface area contributed by atoms with E-state index in [1.165, 1.54) is 11.1 Å². The summed E-state index contributed by atoms with van der Waals surface area (Å²) in [7, 11) is 0. The number of carbonyl (C=O) groups is 3. The molecule has 2 aliphatic heterocycles. The minimum Gasteiger partial charge on any atom is -0.339 e. The summed E-state index contributed by atoms with van der Waals surface area (Å²) in [6.45, 7) is 3.22. The van der Waals surface area contributed by atoms with Gasteiger partial charge in [-0.1, -0.05) is 6.07 Å². The lowest BCUT2D eigenvalue weighted by Gasteiger charge is -2.39. The van der Waals surface area contributed by atoms with Crippen molar-refractivity contribution in [1.82, 2.24) is 30.2 Å². The molecule has 2 aliphatic carbocycles. The number of carbonyl (C=O) groups excluding carboxylic acids is 3. The number of amides is 4. The molecule has 3 heterocycles. The number of halogens is 5. The first-order chi connectivity index (χ1) is 22.1. The second-order valence-corrected chi connectivity index (χ2v) is 13.8. The van der Waals surface area contributed by atoms with Gasteiger partial charge in [-0.25, -0.2) is 13.6 Å². The molecule has 3 atom stereocenters. The van der Waals surface area contributed by atoms with E-state index in [2.05, 4.69) is 15.7 Å².